The first-order valence-corrected chi connectivity index (χ1v) is 10.6. The lowest BCUT2D eigenvalue weighted by molar-refractivity contribution is 0.102. The van der Waals surface area contributed by atoms with Crippen LogP contribution in [0.4, 0.5) is 11.4 Å². The number of H-pyrrole nitrogens is 1. The Morgan fingerprint density at radius 2 is 1.40 bits per heavy atom. The second-order valence-corrected chi connectivity index (χ2v) is 8.15. The molecule has 0 fully saturated rings. The quantitative estimate of drug-likeness (QED) is 0.438. The number of carbonyl (C=O) groups excluding carboxylic acids is 1. The number of aromatic amines is 1. The number of hydrogen-bond donors (Lipinski definition) is 3. The van der Waals surface area contributed by atoms with Gasteiger partial charge in [0.05, 0.1) is 10.6 Å². The summed E-state index contributed by atoms with van der Waals surface area (Å²) in [6.45, 7) is 0. The van der Waals surface area contributed by atoms with Crippen LogP contribution in [-0.4, -0.2) is 24.5 Å². The van der Waals surface area contributed by atoms with E-state index in [9.17, 15) is 13.2 Å². The van der Waals surface area contributed by atoms with E-state index in [0.717, 1.165) is 11.1 Å². The lowest BCUT2D eigenvalue weighted by atomic mass is 10.1. The number of aromatic nitrogens is 2. The maximum Gasteiger partial charge on any atom is 0.278 e. The van der Waals surface area contributed by atoms with Crippen molar-refractivity contribution in [3.05, 3.63) is 96.8 Å². The predicted octanol–water partition coefficient (Wildman–Crippen LogP) is 4.13. The molecule has 1 aromatic heterocycles. The predicted molar refractivity (Wildman–Crippen MR) is 116 cm³/mol. The lowest BCUT2D eigenvalue weighted by Crippen LogP contribution is -2.18. The van der Waals surface area contributed by atoms with E-state index in [1.54, 1.807) is 36.4 Å². The average molecular weight is 418 g/mol. The third-order valence-electron chi connectivity index (χ3n) is 4.40. The first kappa shape index (κ1) is 19.4. The normalized spacial score (nSPS) is 11.1. The highest BCUT2D eigenvalue weighted by Gasteiger charge is 2.21. The second-order valence-electron chi connectivity index (χ2n) is 6.46. The number of hydrogen-bond acceptors (Lipinski definition) is 4. The zero-order valence-electron chi connectivity index (χ0n) is 15.7. The molecule has 0 bridgehead atoms. The van der Waals surface area contributed by atoms with Crippen molar-refractivity contribution >= 4 is 27.3 Å². The number of carbonyl (C=O) groups is 1. The molecule has 4 rings (SSSR count). The summed E-state index contributed by atoms with van der Waals surface area (Å²) in [6.07, 6.45) is 1.33. The molecular weight excluding hydrogens is 400 g/mol. The van der Waals surface area contributed by atoms with Crippen molar-refractivity contribution in [3.8, 4) is 11.1 Å². The van der Waals surface area contributed by atoms with Gasteiger partial charge in [0.25, 0.3) is 15.9 Å². The van der Waals surface area contributed by atoms with Crippen molar-refractivity contribution in [2.45, 2.75) is 4.90 Å². The molecule has 8 heteroatoms. The first-order valence-electron chi connectivity index (χ1n) is 9.11. The van der Waals surface area contributed by atoms with Crippen LogP contribution < -0.4 is 10.0 Å². The number of para-hydroxylation sites is 1. The van der Waals surface area contributed by atoms with Gasteiger partial charge in [0.1, 0.15) is 0 Å². The van der Waals surface area contributed by atoms with Crippen LogP contribution in [0.2, 0.25) is 0 Å². The molecule has 0 radical (unpaired) electrons. The maximum atomic E-state index is 12.8. The molecule has 4 aromatic rings. The van der Waals surface area contributed by atoms with E-state index in [1.165, 1.54) is 18.3 Å². The summed E-state index contributed by atoms with van der Waals surface area (Å²) in [5, 5.41) is 9.09. The Labute approximate surface area is 173 Å². The topological polar surface area (TPSA) is 104 Å². The maximum absolute atomic E-state index is 12.8. The van der Waals surface area contributed by atoms with Gasteiger partial charge in [0, 0.05) is 11.9 Å². The Bertz CT molecular complexity index is 1250. The summed E-state index contributed by atoms with van der Waals surface area (Å²) < 4.78 is 28.0. The Morgan fingerprint density at radius 3 is 2.07 bits per heavy atom. The van der Waals surface area contributed by atoms with Crippen molar-refractivity contribution in [2.24, 2.45) is 0 Å². The summed E-state index contributed by atoms with van der Waals surface area (Å²) in [7, 11) is -3.90. The number of benzene rings is 3. The van der Waals surface area contributed by atoms with Crippen LogP contribution in [0, 0.1) is 0 Å². The second kappa shape index (κ2) is 8.22. The third kappa shape index (κ3) is 4.23. The molecule has 3 N–H and O–H groups in total. The fraction of sp³-hybridized carbons (Fsp3) is 0. The van der Waals surface area contributed by atoms with Crippen LogP contribution in [-0.2, 0) is 10.0 Å². The Hall–Kier alpha value is -3.91. The van der Waals surface area contributed by atoms with Gasteiger partial charge in [-0.3, -0.25) is 14.6 Å². The van der Waals surface area contributed by atoms with Crippen molar-refractivity contribution < 1.29 is 13.2 Å². The Balaban J connectivity index is 1.53. The highest BCUT2D eigenvalue weighted by molar-refractivity contribution is 7.92. The molecule has 30 heavy (non-hydrogen) atoms. The summed E-state index contributed by atoms with van der Waals surface area (Å²) in [6, 6.07) is 25.0. The van der Waals surface area contributed by atoms with E-state index in [2.05, 4.69) is 20.2 Å². The molecule has 0 atom stereocenters. The fourth-order valence-corrected chi connectivity index (χ4v) is 3.97. The molecule has 0 saturated heterocycles. The van der Waals surface area contributed by atoms with Crippen molar-refractivity contribution in [1.29, 1.82) is 0 Å². The Morgan fingerprint density at radius 1 is 0.800 bits per heavy atom. The minimum atomic E-state index is -3.90. The number of amides is 1. The van der Waals surface area contributed by atoms with Crippen LogP contribution in [0.25, 0.3) is 11.1 Å². The summed E-state index contributed by atoms with van der Waals surface area (Å²) >= 11 is 0. The Kier molecular flexibility index (Phi) is 5.32. The van der Waals surface area contributed by atoms with Gasteiger partial charge in [0.2, 0.25) is 0 Å². The van der Waals surface area contributed by atoms with Crippen LogP contribution in [0.1, 0.15) is 10.5 Å². The van der Waals surface area contributed by atoms with E-state index >= 15 is 0 Å². The van der Waals surface area contributed by atoms with Gasteiger partial charge in [-0.15, -0.1) is 0 Å². The molecule has 0 spiro atoms. The van der Waals surface area contributed by atoms with Crippen molar-refractivity contribution in [3.63, 3.8) is 0 Å². The van der Waals surface area contributed by atoms with E-state index in [1.807, 2.05) is 36.4 Å². The number of anilines is 2. The van der Waals surface area contributed by atoms with Gasteiger partial charge in [-0.25, -0.2) is 8.42 Å². The third-order valence-corrected chi connectivity index (χ3v) is 5.78. The molecule has 0 aliphatic rings. The molecule has 1 amide bonds. The molecule has 0 unspecified atom stereocenters. The van der Waals surface area contributed by atoms with Crippen LogP contribution in [0.3, 0.4) is 0 Å². The highest BCUT2D eigenvalue weighted by atomic mass is 32.2. The van der Waals surface area contributed by atoms with Gasteiger partial charge >= 0.3 is 0 Å². The van der Waals surface area contributed by atoms with Crippen molar-refractivity contribution in [2.75, 3.05) is 10.0 Å². The molecule has 3 aromatic carbocycles. The number of nitrogens with one attached hydrogen (secondary N) is 3. The van der Waals surface area contributed by atoms with E-state index in [0.29, 0.717) is 5.69 Å². The minimum Gasteiger partial charge on any atom is -0.321 e. The van der Waals surface area contributed by atoms with Crippen molar-refractivity contribution in [1.82, 2.24) is 10.2 Å². The molecule has 7 nitrogen and oxygen atoms in total. The van der Waals surface area contributed by atoms with E-state index in [4.69, 9.17) is 0 Å². The molecule has 1 heterocycles. The van der Waals surface area contributed by atoms with Gasteiger partial charge in [-0.1, -0.05) is 60.7 Å². The molecule has 0 aliphatic carbocycles. The molecular formula is C22H18N4O3S. The highest BCUT2D eigenvalue weighted by Crippen LogP contribution is 2.23. The van der Waals surface area contributed by atoms with Gasteiger partial charge < -0.3 is 5.32 Å². The monoisotopic (exact) mass is 418 g/mol. The van der Waals surface area contributed by atoms with Crippen LogP contribution in [0.15, 0.2) is 96.0 Å². The SMILES string of the molecule is O=C(Nc1ccccc1)c1n[nH]cc1NS(=O)(=O)c1ccc(-c2ccccc2)cc1. The smallest absolute Gasteiger partial charge is 0.278 e. The largest absolute Gasteiger partial charge is 0.321 e. The first-order chi connectivity index (χ1) is 14.5. The molecule has 150 valence electrons. The van der Waals surface area contributed by atoms with Crippen LogP contribution >= 0.6 is 0 Å². The van der Waals surface area contributed by atoms with Gasteiger partial charge in [-0.05, 0) is 35.4 Å². The zero-order chi connectivity index (χ0) is 21.0. The minimum absolute atomic E-state index is 0.0525. The summed E-state index contributed by atoms with van der Waals surface area (Å²) in [5.74, 6) is -0.528. The standard InChI is InChI=1S/C22H18N4O3S/c27-22(24-18-9-5-2-6-10-18)21-20(15-23-25-21)26-30(28,29)19-13-11-17(12-14-19)16-7-3-1-4-8-16/h1-15,26H,(H,23,25)(H,24,27). The van der Waals surface area contributed by atoms with Gasteiger partial charge in [0.15, 0.2) is 5.69 Å². The fourth-order valence-electron chi connectivity index (χ4n) is 2.91. The van der Waals surface area contributed by atoms with E-state index in [-0.39, 0.29) is 16.3 Å². The number of sulfonamides is 1. The van der Waals surface area contributed by atoms with E-state index < -0.39 is 15.9 Å². The summed E-state index contributed by atoms with van der Waals surface area (Å²) in [4.78, 5) is 12.6. The lowest BCUT2D eigenvalue weighted by Gasteiger charge is -2.09. The molecule has 0 saturated carbocycles. The van der Waals surface area contributed by atoms with Gasteiger partial charge in [-0.2, -0.15) is 5.10 Å². The zero-order valence-corrected chi connectivity index (χ0v) is 16.6. The van der Waals surface area contributed by atoms with Crippen LogP contribution in [0.5, 0.6) is 0 Å². The molecule has 0 aliphatic heterocycles. The summed E-state index contributed by atoms with van der Waals surface area (Å²) in [5.41, 5.74) is 2.49. The number of nitrogens with zero attached hydrogens (tertiary/aromatic N) is 1. The average Bonchev–Trinajstić information content (AvgIpc) is 3.23. The number of rotatable bonds is 6.